The summed E-state index contributed by atoms with van der Waals surface area (Å²) < 4.78 is 12.5. The second-order valence-corrected chi connectivity index (χ2v) is 9.89. The van der Waals surface area contributed by atoms with Crippen LogP contribution in [0.25, 0.3) is 0 Å². The lowest BCUT2D eigenvalue weighted by Crippen LogP contribution is -2.40. The van der Waals surface area contributed by atoms with Crippen molar-refractivity contribution in [1.29, 1.82) is 0 Å². The van der Waals surface area contributed by atoms with Crippen LogP contribution in [0.2, 0.25) is 0 Å². The van der Waals surface area contributed by atoms with E-state index in [-0.39, 0.29) is 5.89 Å². The molecule has 31 heavy (non-hydrogen) atoms. The maximum atomic E-state index is 11.6. The van der Waals surface area contributed by atoms with Crippen LogP contribution in [0.1, 0.15) is 28.0 Å². The van der Waals surface area contributed by atoms with Gasteiger partial charge in [0.05, 0.1) is 37.0 Å². The van der Waals surface area contributed by atoms with Crippen LogP contribution in [0.15, 0.2) is 69.8 Å². The van der Waals surface area contributed by atoms with Crippen molar-refractivity contribution >= 4 is 22.7 Å². The average molecular weight is 457 g/mol. The lowest BCUT2D eigenvalue weighted by molar-refractivity contribution is -0.905. The number of rotatable bonds is 10. The van der Waals surface area contributed by atoms with Crippen LogP contribution in [0, 0.1) is 0 Å². The molecule has 3 heterocycles. The van der Waals surface area contributed by atoms with Gasteiger partial charge in [-0.15, -0.1) is 32.9 Å². The van der Waals surface area contributed by atoms with Gasteiger partial charge in [0.1, 0.15) is 5.75 Å². The van der Waals surface area contributed by atoms with E-state index in [1.807, 2.05) is 65.4 Å². The summed E-state index contributed by atoms with van der Waals surface area (Å²) in [4.78, 5) is 1.52. The van der Waals surface area contributed by atoms with Crippen molar-refractivity contribution in [3.8, 4) is 5.75 Å². The molecule has 4 rings (SSSR count). The zero-order valence-corrected chi connectivity index (χ0v) is 19.2. The van der Waals surface area contributed by atoms with Gasteiger partial charge in [-0.2, -0.15) is 0 Å². The monoisotopic (exact) mass is 456 g/mol. The van der Waals surface area contributed by atoms with E-state index in [4.69, 9.17) is 9.15 Å². The Hall–Kier alpha value is -2.52. The fourth-order valence-electron chi connectivity index (χ4n) is 3.41. The van der Waals surface area contributed by atoms with Gasteiger partial charge in [0.2, 0.25) is 5.60 Å². The van der Waals surface area contributed by atoms with Crippen LogP contribution in [-0.4, -0.2) is 47.0 Å². The van der Waals surface area contributed by atoms with Crippen LogP contribution in [0.3, 0.4) is 0 Å². The summed E-state index contributed by atoms with van der Waals surface area (Å²) in [5.74, 6) is 1.60. The second-order valence-electron chi connectivity index (χ2n) is 8.00. The number of quaternary nitrogens is 1. The van der Waals surface area contributed by atoms with Gasteiger partial charge in [-0.25, -0.2) is 0 Å². The highest BCUT2D eigenvalue weighted by molar-refractivity contribution is 7.11. The first-order valence-electron chi connectivity index (χ1n) is 10.1. The molecule has 0 atom stereocenters. The zero-order valence-electron chi connectivity index (χ0n) is 17.6. The largest absolute Gasteiger partial charge is 0.493 e. The van der Waals surface area contributed by atoms with Crippen molar-refractivity contribution in [2.45, 2.75) is 18.6 Å². The number of nitrogens with zero attached hydrogens (tertiary/aromatic N) is 3. The molecule has 0 radical (unpaired) electrons. The fraction of sp³-hybridized carbons (Fsp3) is 0.304. The predicted molar refractivity (Wildman–Crippen MR) is 122 cm³/mol. The molecule has 8 heteroatoms. The van der Waals surface area contributed by atoms with Gasteiger partial charge < -0.3 is 18.7 Å². The highest BCUT2D eigenvalue weighted by atomic mass is 32.1. The molecule has 0 aliphatic rings. The molecular weight excluding hydrogens is 430 g/mol. The number of ether oxygens (including phenoxy) is 1. The molecule has 0 unspecified atom stereocenters. The Balaban J connectivity index is 1.41. The first-order chi connectivity index (χ1) is 15.0. The van der Waals surface area contributed by atoms with Gasteiger partial charge in [-0.3, -0.25) is 0 Å². The quantitative estimate of drug-likeness (QED) is 0.281. The zero-order chi connectivity index (χ0) is 21.7. The highest BCUT2D eigenvalue weighted by Gasteiger charge is 2.42. The molecule has 0 fully saturated rings. The third-order valence-corrected chi connectivity index (χ3v) is 6.97. The Morgan fingerprint density at radius 1 is 0.968 bits per heavy atom. The number of aromatic nitrogens is 2. The van der Waals surface area contributed by atoms with Gasteiger partial charge in [0.15, 0.2) is 6.54 Å². The Morgan fingerprint density at radius 2 is 1.65 bits per heavy atom. The van der Waals surface area contributed by atoms with Crippen LogP contribution in [0.4, 0.5) is 0 Å². The second kappa shape index (κ2) is 9.32. The molecule has 0 saturated carbocycles. The molecule has 0 amide bonds. The van der Waals surface area contributed by atoms with Gasteiger partial charge in [-0.1, -0.05) is 30.3 Å². The molecule has 162 valence electrons. The van der Waals surface area contributed by atoms with Crippen molar-refractivity contribution < 1.29 is 18.7 Å². The average Bonchev–Trinajstić information content (AvgIpc) is 3.54. The number of hydrogen-bond donors (Lipinski definition) is 1. The van der Waals surface area contributed by atoms with Crippen molar-refractivity contribution in [1.82, 2.24) is 10.2 Å². The van der Waals surface area contributed by atoms with E-state index < -0.39 is 5.60 Å². The van der Waals surface area contributed by atoms with Crippen LogP contribution < -0.4 is 4.74 Å². The van der Waals surface area contributed by atoms with Crippen LogP contribution >= 0.6 is 22.7 Å². The summed E-state index contributed by atoms with van der Waals surface area (Å²) >= 11 is 2.94. The van der Waals surface area contributed by atoms with Crippen molar-refractivity contribution in [3.63, 3.8) is 0 Å². The Morgan fingerprint density at radius 3 is 2.26 bits per heavy atom. The summed E-state index contributed by atoms with van der Waals surface area (Å²) in [6.45, 7) is 2.12. The summed E-state index contributed by atoms with van der Waals surface area (Å²) in [7, 11) is 4.24. The molecule has 1 N–H and O–H groups in total. The van der Waals surface area contributed by atoms with E-state index in [2.05, 4.69) is 24.3 Å². The molecule has 1 aromatic carbocycles. The molecule has 4 aromatic rings. The van der Waals surface area contributed by atoms with E-state index in [1.54, 1.807) is 0 Å². The SMILES string of the molecule is C[N+](C)(CCCOc1ccccc1)Cc1nnc(C(O)(c2cccs2)c2cccs2)o1. The van der Waals surface area contributed by atoms with Crippen LogP contribution in [0.5, 0.6) is 5.75 Å². The highest BCUT2D eigenvalue weighted by Crippen LogP contribution is 2.40. The number of para-hydroxylation sites is 1. The number of hydrogen-bond acceptors (Lipinski definition) is 7. The predicted octanol–water partition coefficient (Wildman–Crippen LogP) is 4.52. The molecule has 0 bridgehead atoms. The lowest BCUT2D eigenvalue weighted by atomic mass is 10.00. The van der Waals surface area contributed by atoms with Crippen molar-refractivity contribution in [2.24, 2.45) is 0 Å². The molecule has 0 saturated heterocycles. The van der Waals surface area contributed by atoms with Gasteiger partial charge in [0, 0.05) is 6.42 Å². The smallest absolute Gasteiger partial charge is 0.271 e. The Labute approximate surface area is 190 Å². The Bertz CT molecular complexity index is 1030. The fourth-order valence-corrected chi connectivity index (χ4v) is 5.13. The van der Waals surface area contributed by atoms with E-state index in [1.165, 1.54) is 22.7 Å². The Kier molecular flexibility index (Phi) is 6.52. The van der Waals surface area contributed by atoms with Crippen molar-refractivity contribution in [2.75, 3.05) is 27.2 Å². The third kappa shape index (κ3) is 5.04. The third-order valence-electron chi connectivity index (χ3n) is 5.01. The minimum atomic E-state index is -1.42. The first-order valence-corrected chi connectivity index (χ1v) is 11.9. The summed E-state index contributed by atoms with van der Waals surface area (Å²) in [5, 5.41) is 23.9. The normalized spacial score (nSPS) is 12.2. The molecule has 6 nitrogen and oxygen atoms in total. The summed E-state index contributed by atoms with van der Waals surface area (Å²) in [6.07, 6.45) is 0.900. The molecule has 0 aliphatic heterocycles. The standard InChI is InChI=1S/C23H26N3O3S2/c1-26(2,13-8-14-28-18-9-4-3-5-10-18)17-21-24-25-22(29-21)23(27,19-11-6-15-30-19)20-12-7-16-31-20/h3-7,9-12,15-16,27H,8,13-14,17H2,1-2H3/q+1. The summed E-state index contributed by atoms with van der Waals surface area (Å²) in [5.41, 5.74) is -1.42. The molecule has 0 aliphatic carbocycles. The maximum absolute atomic E-state index is 11.6. The lowest BCUT2D eigenvalue weighted by Gasteiger charge is -2.28. The summed E-state index contributed by atoms with van der Waals surface area (Å²) in [6, 6.07) is 17.4. The minimum absolute atomic E-state index is 0.208. The van der Waals surface area contributed by atoms with Crippen molar-refractivity contribution in [3.05, 3.63) is 86.9 Å². The van der Waals surface area contributed by atoms with Gasteiger partial charge in [-0.05, 0) is 35.0 Å². The van der Waals surface area contributed by atoms with E-state index in [9.17, 15) is 5.11 Å². The topological polar surface area (TPSA) is 68.4 Å². The number of aliphatic hydroxyl groups is 1. The van der Waals surface area contributed by atoms with E-state index in [0.717, 1.165) is 28.5 Å². The first kappa shape index (κ1) is 21.7. The van der Waals surface area contributed by atoms with E-state index >= 15 is 0 Å². The molecular formula is C23H26N3O3S2+. The van der Waals surface area contributed by atoms with Crippen LogP contribution in [-0.2, 0) is 12.1 Å². The molecule has 3 aromatic heterocycles. The number of benzene rings is 1. The number of thiophene rings is 2. The molecule has 0 spiro atoms. The van der Waals surface area contributed by atoms with Gasteiger partial charge >= 0.3 is 0 Å². The van der Waals surface area contributed by atoms with E-state index in [0.29, 0.717) is 23.5 Å². The maximum Gasteiger partial charge on any atom is 0.271 e. The van der Waals surface area contributed by atoms with Gasteiger partial charge in [0.25, 0.3) is 11.8 Å². The minimum Gasteiger partial charge on any atom is -0.493 e.